The maximum atomic E-state index is 6.55. The summed E-state index contributed by atoms with van der Waals surface area (Å²) in [5, 5.41) is 3.35. The Balaban J connectivity index is 2.11. The van der Waals surface area contributed by atoms with Crippen LogP contribution in [0.15, 0.2) is 0 Å². The van der Waals surface area contributed by atoms with Crippen LogP contribution in [0, 0.1) is 17.8 Å². The highest BCUT2D eigenvalue weighted by Crippen LogP contribution is 2.47. The van der Waals surface area contributed by atoms with Gasteiger partial charge in [-0.25, -0.2) is 0 Å². The quantitative estimate of drug-likeness (QED) is 0.548. The van der Waals surface area contributed by atoms with Crippen LogP contribution in [0.1, 0.15) is 48.0 Å². The summed E-state index contributed by atoms with van der Waals surface area (Å²) in [7, 11) is -2.61. The van der Waals surface area contributed by atoms with Crippen LogP contribution in [0.2, 0.25) is 6.04 Å². The first-order chi connectivity index (χ1) is 10.7. The third-order valence-corrected chi connectivity index (χ3v) is 8.56. The number of nitrogens with one attached hydrogen (secondary N) is 1. The van der Waals surface area contributed by atoms with Gasteiger partial charge in [0.15, 0.2) is 0 Å². The summed E-state index contributed by atoms with van der Waals surface area (Å²) in [4.78, 5) is 0. The molecule has 2 heterocycles. The van der Waals surface area contributed by atoms with Crippen LogP contribution < -0.4 is 11.1 Å². The van der Waals surface area contributed by atoms with Gasteiger partial charge >= 0.3 is 8.80 Å². The lowest BCUT2D eigenvalue weighted by molar-refractivity contribution is -0.206. The number of fused-ring (bicyclic) bond motifs is 2. The molecule has 0 radical (unpaired) electrons. The van der Waals surface area contributed by atoms with Gasteiger partial charge in [0, 0.05) is 31.0 Å². The summed E-state index contributed by atoms with van der Waals surface area (Å²) in [6.45, 7) is 15.8. The highest BCUT2D eigenvalue weighted by molar-refractivity contribution is 6.61. The summed E-state index contributed by atoms with van der Waals surface area (Å²) < 4.78 is 19.6. The van der Waals surface area contributed by atoms with Crippen molar-refractivity contribution in [1.29, 1.82) is 0 Å². The molecular formula is C17H36N2O3Si. The standard InChI is InChI=1S/C17H36N2O3Si/c1-12(2)15-13(3)16-14(4)17(5,6)22-23(20-15,21-16)11-7-9-19-10-8-18/h12-16,19H,7-11,18H2,1-6H3/t13-,14-,15-,16?,23?/m1/s1. The van der Waals surface area contributed by atoms with E-state index in [1.165, 1.54) is 0 Å². The number of nitrogens with two attached hydrogens (primary N) is 1. The molecule has 0 aliphatic carbocycles. The van der Waals surface area contributed by atoms with Gasteiger partial charge in [0.25, 0.3) is 0 Å². The van der Waals surface area contributed by atoms with Gasteiger partial charge in [-0.15, -0.1) is 0 Å². The van der Waals surface area contributed by atoms with E-state index in [4.69, 9.17) is 19.0 Å². The van der Waals surface area contributed by atoms with Crippen LogP contribution in [0.25, 0.3) is 0 Å². The largest absolute Gasteiger partial charge is 0.501 e. The Kier molecular flexibility index (Phi) is 6.30. The Labute approximate surface area is 143 Å². The van der Waals surface area contributed by atoms with Gasteiger partial charge in [0.1, 0.15) is 0 Å². The summed E-state index contributed by atoms with van der Waals surface area (Å²) in [5.74, 6) is 1.26. The zero-order valence-electron chi connectivity index (χ0n) is 15.7. The average molecular weight is 345 g/mol. The number of rotatable bonds is 7. The molecule has 0 aromatic carbocycles. The zero-order valence-corrected chi connectivity index (χ0v) is 16.7. The van der Waals surface area contributed by atoms with E-state index in [0.29, 0.717) is 24.3 Å². The van der Waals surface area contributed by atoms with E-state index in [9.17, 15) is 0 Å². The molecule has 5 atom stereocenters. The van der Waals surface area contributed by atoms with Crippen LogP contribution in [-0.4, -0.2) is 46.2 Å². The lowest BCUT2D eigenvalue weighted by atomic mass is 9.78. The lowest BCUT2D eigenvalue weighted by Gasteiger charge is -2.57. The third kappa shape index (κ3) is 4.17. The summed E-state index contributed by atoms with van der Waals surface area (Å²) in [5.41, 5.74) is 5.34. The Bertz CT molecular complexity index is 394. The van der Waals surface area contributed by atoms with Crippen molar-refractivity contribution in [3.8, 4) is 0 Å². The van der Waals surface area contributed by atoms with Crippen molar-refractivity contribution in [2.45, 2.75) is 71.8 Å². The summed E-state index contributed by atoms with van der Waals surface area (Å²) in [6, 6.07) is 0.882. The minimum atomic E-state index is -2.61. The van der Waals surface area contributed by atoms with E-state index in [0.717, 1.165) is 25.6 Å². The first kappa shape index (κ1) is 19.3. The third-order valence-electron chi connectivity index (χ3n) is 5.49. The number of hydrogen-bond donors (Lipinski definition) is 2. The van der Waals surface area contributed by atoms with E-state index in [-0.39, 0.29) is 17.8 Å². The molecule has 0 spiro atoms. The minimum absolute atomic E-state index is 0.184. The second-order valence-corrected chi connectivity index (χ2v) is 10.6. The highest BCUT2D eigenvalue weighted by Gasteiger charge is 2.61. The summed E-state index contributed by atoms with van der Waals surface area (Å²) >= 11 is 0. The Morgan fingerprint density at radius 1 is 1.17 bits per heavy atom. The molecule has 2 unspecified atom stereocenters. The van der Waals surface area contributed by atoms with E-state index in [2.05, 4.69) is 46.9 Å². The molecule has 23 heavy (non-hydrogen) atoms. The molecule has 0 aromatic rings. The van der Waals surface area contributed by atoms with Crippen LogP contribution >= 0.6 is 0 Å². The van der Waals surface area contributed by atoms with Crippen molar-refractivity contribution in [3.05, 3.63) is 0 Å². The maximum absolute atomic E-state index is 6.55. The Hall–Kier alpha value is 0.0169. The normalized spacial score (nSPS) is 39.7. The lowest BCUT2D eigenvalue weighted by Crippen LogP contribution is -2.70. The van der Waals surface area contributed by atoms with Crippen LogP contribution in [0.5, 0.6) is 0 Å². The molecule has 2 fully saturated rings. The molecule has 2 aliphatic rings. The van der Waals surface area contributed by atoms with Crippen molar-refractivity contribution in [3.63, 3.8) is 0 Å². The van der Waals surface area contributed by atoms with Crippen LogP contribution in [-0.2, 0) is 13.3 Å². The van der Waals surface area contributed by atoms with Crippen molar-refractivity contribution in [1.82, 2.24) is 5.32 Å². The highest BCUT2D eigenvalue weighted by atomic mass is 28.4. The molecule has 0 amide bonds. The Morgan fingerprint density at radius 2 is 1.87 bits per heavy atom. The van der Waals surface area contributed by atoms with Gasteiger partial charge in [-0.3, -0.25) is 0 Å². The van der Waals surface area contributed by atoms with E-state index in [1.807, 2.05) is 0 Å². The monoisotopic (exact) mass is 344 g/mol. The fourth-order valence-corrected chi connectivity index (χ4v) is 7.73. The van der Waals surface area contributed by atoms with E-state index >= 15 is 0 Å². The molecule has 2 rings (SSSR count). The fraction of sp³-hybridized carbons (Fsp3) is 1.00. The maximum Gasteiger partial charge on any atom is 0.501 e. The predicted molar refractivity (Wildman–Crippen MR) is 95.2 cm³/mol. The van der Waals surface area contributed by atoms with Crippen molar-refractivity contribution in [2.24, 2.45) is 23.5 Å². The molecule has 2 aliphatic heterocycles. The van der Waals surface area contributed by atoms with E-state index in [1.54, 1.807) is 0 Å². The smallest absolute Gasteiger partial charge is 0.370 e. The molecule has 2 bridgehead atoms. The molecular weight excluding hydrogens is 308 g/mol. The topological polar surface area (TPSA) is 65.7 Å². The van der Waals surface area contributed by atoms with Gasteiger partial charge in [-0.05, 0) is 32.7 Å². The van der Waals surface area contributed by atoms with Gasteiger partial charge in [0.05, 0.1) is 17.8 Å². The van der Waals surface area contributed by atoms with Gasteiger partial charge < -0.3 is 24.3 Å². The molecule has 3 N–H and O–H groups in total. The SMILES string of the molecule is CC(C)[C@H]1O[Si]2(CCCNCCN)OC([C@@H](C)C(C)(C)O2)[C@@H]1C. The second-order valence-electron chi connectivity index (χ2n) is 8.09. The molecule has 0 saturated carbocycles. The first-order valence-electron chi connectivity index (χ1n) is 9.19. The fourth-order valence-electron chi connectivity index (χ4n) is 3.91. The van der Waals surface area contributed by atoms with Gasteiger partial charge in [-0.2, -0.15) is 0 Å². The molecule has 5 nitrogen and oxygen atoms in total. The first-order valence-corrected chi connectivity index (χ1v) is 11.1. The van der Waals surface area contributed by atoms with Crippen molar-refractivity contribution < 1.29 is 13.3 Å². The minimum Gasteiger partial charge on any atom is -0.370 e. The van der Waals surface area contributed by atoms with Gasteiger partial charge in [-0.1, -0.05) is 27.7 Å². The number of hydrogen-bond acceptors (Lipinski definition) is 5. The van der Waals surface area contributed by atoms with Crippen LogP contribution in [0.3, 0.4) is 0 Å². The average Bonchev–Trinajstić information content (AvgIpc) is 2.47. The molecule has 2 saturated heterocycles. The second kappa shape index (κ2) is 7.50. The Morgan fingerprint density at radius 3 is 2.48 bits per heavy atom. The predicted octanol–water partition coefficient (Wildman–Crippen LogP) is 2.38. The van der Waals surface area contributed by atoms with Crippen molar-refractivity contribution in [2.75, 3.05) is 19.6 Å². The molecule has 136 valence electrons. The molecule has 6 heteroatoms. The van der Waals surface area contributed by atoms with Crippen molar-refractivity contribution >= 4 is 8.80 Å². The zero-order chi connectivity index (χ0) is 17.3. The van der Waals surface area contributed by atoms with E-state index < -0.39 is 8.80 Å². The van der Waals surface area contributed by atoms with Crippen LogP contribution in [0.4, 0.5) is 0 Å². The molecule has 0 aromatic heterocycles. The summed E-state index contributed by atoms with van der Waals surface area (Å²) in [6.07, 6.45) is 1.47. The van der Waals surface area contributed by atoms with Gasteiger partial charge in [0.2, 0.25) is 0 Å².